The number of fused-ring (bicyclic) bond motifs is 1. The number of ether oxygens (including phenoxy) is 4. The Labute approximate surface area is 171 Å². The molecule has 1 aromatic carbocycles. The van der Waals surface area contributed by atoms with Crippen LogP contribution in [0.2, 0.25) is 0 Å². The zero-order valence-electron chi connectivity index (χ0n) is 17.2. The van der Waals surface area contributed by atoms with Crippen LogP contribution in [0.5, 0.6) is 0 Å². The quantitative estimate of drug-likeness (QED) is 0.469. The molecular weight excluding hydrogens is 372 g/mol. The van der Waals surface area contributed by atoms with Gasteiger partial charge in [0.1, 0.15) is 25.4 Å². The van der Waals surface area contributed by atoms with Crippen LogP contribution in [-0.4, -0.2) is 50.6 Å². The van der Waals surface area contributed by atoms with E-state index >= 15 is 0 Å². The van der Waals surface area contributed by atoms with Gasteiger partial charge in [-0.05, 0) is 31.4 Å². The molecule has 4 atom stereocenters. The Bertz CT molecular complexity index is 820. The standard InChI is InChI=1S/C23H28O6/c1-15(20(24)28-13-17-11-26-17)10-23(9-8-16-6-4-5-7-19(16)23)22(2,3)21(25)29-14-18-12-27-18/h4-9,15,17-18H,10-14H2,1-3H3. The molecule has 2 heterocycles. The first-order valence-electron chi connectivity index (χ1n) is 10.2. The Hall–Kier alpha value is -2.18. The molecule has 0 amide bonds. The van der Waals surface area contributed by atoms with E-state index < -0.39 is 10.8 Å². The van der Waals surface area contributed by atoms with Crippen molar-refractivity contribution in [3.05, 3.63) is 41.5 Å². The number of allylic oxidation sites excluding steroid dienone is 1. The van der Waals surface area contributed by atoms with Gasteiger partial charge in [-0.25, -0.2) is 0 Å². The van der Waals surface area contributed by atoms with Crippen LogP contribution in [0.4, 0.5) is 0 Å². The highest BCUT2D eigenvalue weighted by Crippen LogP contribution is 2.53. The van der Waals surface area contributed by atoms with Crippen molar-refractivity contribution >= 4 is 18.0 Å². The molecule has 4 rings (SSSR count). The smallest absolute Gasteiger partial charge is 0.312 e. The summed E-state index contributed by atoms with van der Waals surface area (Å²) in [5, 5.41) is 0. The summed E-state index contributed by atoms with van der Waals surface area (Å²) >= 11 is 0. The molecule has 2 saturated heterocycles. The van der Waals surface area contributed by atoms with Crippen LogP contribution < -0.4 is 0 Å². The number of benzene rings is 1. The lowest BCUT2D eigenvalue weighted by molar-refractivity contribution is -0.160. The van der Waals surface area contributed by atoms with Gasteiger partial charge in [0.2, 0.25) is 0 Å². The molecule has 0 saturated carbocycles. The van der Waals surface area contributed by atoms with E-state index in [4.69, 9.17) is 18.9 Å². The van der Waals surface area contributed by atoms with Gasteiger partial charge in [-0.1, -0.05) is 43.3 Å². The number of hydrogen-bond acceptors (Lipinski definition) is 6. The number of carbonyl (C=O) groups excluding carboxylic acids is 2. The van der Waals surface area contributed by atoms with Crippen LogP contribution in [0.15, 0.2) is 30.3 Å². The highest BCUT2D eigenvalue weighted by molar-refractivity contribution is 5.83. The van der Waals surface area contributed by atoms with E-state index in [-0.39, 0.29) is 43.3 Å². The van der Waals surface area contributed by atoms with Gasteiger partial charge in [0.15, 0.2) is 0 Å². The monoisotopic (exact) mass is 400 g/mol. The molecule has 2 fully saturated rings. The largest absolute Gasteiger partial charge is 0.463 e. The second-order valence-electron chi connectivity index (χ2n) is 8.76. The highest BCUT2D eigenvalue weighted by Gasteiger charge is 2.54. The molecule has 0 radical (unpaired) electrons. The average Bonchev–Trinajstić information content (AvgIpc) is 3.63. The Morgan fingerprint density at radius 3 is 2.41 bits per heavy atom. The molecule has 0 bridgehead atoms. The fourth-order valence-corrected chi connectivity index (χ4v) is 4.09. The SMILES string of the molecule is CC(CC1(C(C)(C)C(=O)OCC2CO2)C=Cc2ccccc21)C(=O)OCC1CO1. The van der Waals surface area contributed by atoms with Crippen LogP contribution >= 0.6 is 0 Å². The van der Waals surface area contributed by atoms with Crippen molar-refractivity contribution < 1.29 is 28.5 Å². The van der Waals surface area contributed by atoms with Crippen molar-refractivity contribution in [2.45, 2.75) is 44.8 Å². The summed E-state index contributed by atoms with van der Waals surface area (Å²) in [6, 6.07) is 8.00. The Kier molecular flexibility index (Phi) is 5.25. The summed E-state index contributed by atoms with van der Waals surface area (Å²) in [7, 11) is 0. The molecular formula is C23H28O6. The molecule has 29 heavy (non-hydrogen) atoms. The van der Waals surface area contributed by atoms with E-state index in [9.17, 15) is 9.59 Å². The van der Waals surface area contributed by atoms with Crippen LogP contribution in [0.25, 0.3) is 6.08 Å². The highest BCUT2D eigenvalue weighted by atomic mass is 16.6. The summed E-state index contributed by atoms with van der Waals surface area (Å²) < 4.78 is 21.3. The molecule has 6 nitrogen and oxygen atoms in total. The summed E-state index contributed by atoms with van der Waals surface area (Å²) in [6.45, 7) is 7.47. The molecule has 1 aliphatic carbocycles. The van der Waals surface area contributed by atoms with Crippen molar-refractivity contribution in [1.82, 2.24) is 0 Å². The van der Waals surface area contributed by atoms with Gasteiger partial charge in [-0.2, -0.15) is 0 Å². The topological polar surface area (TPSA) is 77.7 Å². The van der Waals surface area contributed by atoms with Gasteiger partial charge in [0.05, 0.1) is 24.5 Å². The number of epoxide rings is 2. The minimum atomic E-state index is -0.876. The molecule has 3 aliphatic rings. The third kappa shape index (κ3) is 3.96. The molecule has 2 aliphatic heterocycles. The predicted octanol–water partition coefficient (Wildman–Crippen LogP) is 2.89. The molecule has 0 N–H and O–H groups in total. The van der Waals surface area contributed by atoms with E-state index in [1.54, 1.807) is 0 Å². The van der Waals surface area contributed by atoms with Gasteiger partial charge in [0.25, 0.3) is 0 Å². The zero-order valence-corrected chi connectivity index (χ0v) is 17.2. The summed E-state index contributed by atoms with van der Waals surface area (Å²) in [5.74, 6) is -0.946. The summed E-state index contributed by atoms with van der Waals surface area (Å²) in [5.41, 5.74) is 0.555. The first-order valence-corrected chi connectivity index (χ1v) is 10.2. The third-order valence-corrected chi connectivity index (χ3v) is 6.26. The van der Waals surface area contributed by atoms with Gasteiger partial charge in [-0.15, -0.1) is 0 Å². The van der Waals surface area contributed by atoms with Gasteiger partial charge < -0.3 is 18.9 Å². The van der Waals surface area contributed by atoms with E-state index in [1.165, 1.54) is 0 Å². The van der Waals surface area contributed by atoms with Crippen molar-refractivity contribution in [2.75, 3.05) is 26.4 Å². The molecule has 0 aromatic heterocycles. The molecule has 156 valence electrons. The molecule has 0 spiro atoms. The molecule has 4 unspecified atom stereocenters. The Balaban J connectivity index is 1.58. The fraction of sp³-hybridized carbons (Fsp3) is 0.565. The summed E-state index contributed by atoms with van der Waals surface area (Å²) in [6.07, 6.45) is 4.58. The van der Waals surface area contributed by atoms with Gasteiger partial charge >= 0.3 is 11.9 Å². The Morgan fingerprint density at radius 2 is 1.76 bits per heavy atom. The van der Waals surface area contributed by atoms with Gasteiger partial charge in [-0.3, -0.25) is 9.59 Å². The maximum absolute atomic E-state index is 13.1. The Morgan fingerprint density at radius 1 is 1.14 bits per heavy atom. The van der Waals surface area contributed by atoms with E-state index in [1.807, 2.05) is 51.1 Å². The maximum Gasteiger partial charge on any atom is 0.312 e. The van der Waals surface area contributed by atoms with Crippen LogP contribution in [0.3, 0.4) is 0 Å². The maximum atomic E-state index is 13.1. The molecule has 1 aromatic rings. The lowest BCUT2D eigenvalue weighted by atomic mass is 9.59. The zero-order chi connectivity index (χ0) is 20.6. The third-order valence-electron chi connectivity index (χ3n) is 6.26. The van der Waals surface area contributed by atoms with E-state index in [0.717, 1.165) is 11.1 Å². The minimum Gasteiger partial charge on any atom is -0.463 e. The summed E-state index contributed by atoms with van der Waals surface area (Å²) in [4.78, 5) is 25.7. The van der Waals surface area contributed by atoms with Crippen molar-refractivity contribution in [2.24, 2.45) is 11.3 Å². The van der Waals surface area contributed by atoms with Crippen molar-refractivity contribution in [3.8, 4) is 0 Å². The van der Waals surface area contributed by atoms with Crippen LogP contribution in [0, 0.1) is 11.3 Å². The van der Waals surface area contributed by atoms with E-state index in [2.05, 4.69) is 6.08 Å². The normalized spacial score (nSPS) is 27.8. The van der Waals surface area contributed by atoms with E-state index in [0.29, 0.717) is 19.6 Å². The second-order valence-corrected chi connectivity index (χ2v) is 8.76. The fourth-order valence-electron chi connectivity index (χ4n) is 4.09. The second kappa shape index (κ2) is 7.58. The van der Waals surface area contributed by atoms with Crippen LogP contribution in [-0.2, 0) is 34.0 Å². The lowest BCUT2D eigenvalue weighted by Gasteiger charge is -2.43. The number of rotatable bonds is 9. The average molecular weight is 400 g/mol. The first kappa shape index (κ1) is 20.1. The number of hydrogen-bond donors (Lipinski definition) is 0. The molecule has 6 heteroatoms. The number of carbonyl (C=O) groups is 2. The lowest BCUT2D eigenvalue weighted by Crippen LogP contribution is -2.48. The first-order chi connectivity index (χ1) is 13.8. The van der Waals surface area contributed by atoms with Crippen molar-refractivity contribution in [3.63, 3.8) is 0 Å². The van der Waals surface area contributed by atoms with Gasteiger partial charge in [0, 0.05) is 5.41 Å². The minimum absolute atomic E-state index is 0.00986. The number of esters is 2. The van der Waals surface area contributed by atoms with Crippen LogP contribution in [0.1, 0.15) is 38.3 Å². The van der Waals surface area contributed by atoms with Crippen molar-refractivity contribution in [1.29, 1.82) is 0 Å². The predicted molar refractivity (Wildman–Crippen MR) is 106 cm³/mol.